The Hall–Kier alpha value is -3.99. The monoisotopic (exact) mass is 539 g/mol. The fourth-order valence-corrected chi connectivity index (χ4v) is 4.88. The largest absolute Gasteiger partial charge is 0.370 e. The molecule has 0 saturated heterocycles. The molecule has 39 heavy (non-hydrogen) atoms. The number of hydrogen-bond donors (Lipinski definition) is 6. The summed E-state index contributed by atoms with van der Waals surface area (Å²) < 4.78 is 13.3. The highest BCUT2D eigenvalue weighted by Crippen LogP contribution is 2.27. The molecule has 2 aromatic carbocycles. The highest BCUT2D eigenvalue weighted by Gasteiger charge is 2.30. The molecule has 0 aliphatic heterocycles. The van der Waals surface area contributed by atoms with Crippen molar-refractivity contribution < 1.29 is 18.8 Å². The van der Waals surface area contributed by atoms with Crippen LogP contribution in [0.3, 0.4) is 0 Å². The second-order valence-electron chi connectivity index (χ2n) is 10.1. The number of amides is 3. The topological polar surface area (TPSA) is 192 Å². The average Bonchev–Trinajstić information content (AvgIpc) is 2.90. The standard InChI is InChI=1S/C28H38FN7O3/c29-20-12-10-18(11-13-20)14-23(25(31)37)34-27(39)24(15-17-6-2-1-3-7-17)35-26(38)21(30)16-19-8-4-5-9-22(19)36-28(32)33/h4-5,8-13,17,21,23-24H,1-3,6-7,14-16,30H2,(H2,31,37)(H,34,39)(H,35,38)(H4,32,33,36)/t21-,23-,24-/m0/s1. The van der Waals surface area contributed by atoms with Crippen molar-refractivity contribution in [1.29, 1.82) is 0 Å². The van der Waals surface area contributed by atoms with Gasteiger partial charge in [-0.25, -0.2) is 9.38 Å². The van der Waals surface area contributed by atoms with Crippen molar-refractivity contribution in [2.45, 2.75) is 69.5 Å². The predicted molar refractivity (Wildman–Crippen MR) is 148 cm³/mol. The van der Waals surface area contributed by atoms with Crippen LogP contribution in [0.4, 0.5) is 10.1 Å². The first-order chi connectivity index (χ1) is 18.6. The third-order valence-corrected chi connectivity index (χ3v) is 6.96. The number of halogens is 1. The van der Waals surface area contributed by atoms with Gasteiger partial charge in [-0.3, -0.25) is 14.4 Å². The molecule has 3 rings (SSSR count). The van der Waals surface area contributed by atoms with E-state index < -0.39 is 41.7 Å². The molecule has 0 radical (unpaired) electrons. The van der Waals surface area contributed by atoms with Crippen LogP contribution in [0.25, 0.3) is 0 Å². The lowest BCUT2D eigenvalue weighted by Crippen LogP contribution is -2.56. The first-order valence-electron chi connectivity index (χ1n) is 13.2. The van der Waals surface area contributed by atoms with Crippen LogP contribution in [0.15, 0.2) is 53.5 Å². The van der Waals surface area contributed by atoms with E-state index in [4.69, 9.17) is 22.9 Å². The van der Waals surface area contributed by atoms with Gasteiger partial charge in [-0.1, -0.05) is 62.4 Å². The number of rotatable bonds is 12. The normalized spacial score (nSPS) is 15.9. The second-order valence-corrected chi connectivity index (χ2v) is 10.1. The molecule has 3 amide bonds. The third kappa shape index (κ3) is 9.36. The van der Waals surface area contributed by atoms with Crippen LogP contribution in [0, 0.1) is 11.7 Å². The lowest BCUT2D eigenvalue weighted by molar-refractivity contribution is -0.132. The van der Waals surface area contributed by atoms with E-state index in [2.05, 4.69) is 15.6 Å². The third-order valence-electron chi connectivity index (χ3n) is 6.96. The Morgan fingerprint density at radius 2 is 1.51 bits per heavy atom. The molecule has 10 N–H and O–H groups in total. The SMILES string of the molecule is NC(=O)[C@H](Cc1ccc(F)cc1)NC(=O)[C@H](CC1CCCCC1)NC(=O)[C@@H](N)Cc1ccccc1N=C(N)N. The molecule has 1 fully saturated rings. The van der Waals surface area contributed by atoms with Gasteiger partial charge in [-0.15, -0.1) is 0 Å². The summed E-state index contributed by atoms with van der Waals surface area (Å²) >= 11 is 0. The van der Waals surface area contributed by atoms with Crippen molar-refractivity contribution in [3.8, 4) is 0 Å². The van der Waals surface area contributed by atoms with E-state index in [1.54, 1.807) is 24.3 Å². The maximum atomic E-state index is 13.4. The van der Waals surface area contributed by atoms with Crippen LogP contribution in [-0.4, -0.2) is 41.8 Å². The van der Waals surface area contributed by atoms with E-state index in [9.17, 15) is 18.8 Å². The zero-order valence-electron chi connectivity index (χ0n) is 21.9. The van der Waals surface area contributed by atoms with E-state index in [-0.39, 0.29) is 24.7 Å². The van der Waals surface area contributed by atoms with Gasteiger partial charge < -0.3 is 33.6 Å². The number of benzene rings is 2. The van der Waals surface area contributed by atoms with Crippen molar-refractivity contribution in [2.75, 3.05) is 0 Å². The smallest absolute Gasteiger partial charge is 0.243 e. The van der Waals surface area contributed by atoms with Crippen LogP contribution in [0.2, 0.25) is 0 Å². The Kier molecular flexibility index (Phi) is 10.8. The Bertz CT molecular complexity index is 1160. The van der Waals surface area contributed by atoms with Crippen LogP contribution < -0.4 is 33.6 Å². The minimum atomic E-state index is -1.03. The maximum absolute atomic E-state index is 13.4. The molecule has 0 bridgehead atoms. The van der Waals surface area contributed by atoms with Gasteiger partial charge in [0, 0.05) is 6.42 Å². The Balaban J connectivity index is 1.73. The van der Waals surface area contributed by atoms with Crippen LogP contribution >= 0.6 is 0 Å². The molecular weight excluding hydrogens is 501 g/mol. The Labute approximate surface area is 227 Å². The molecule has 1 aliphatic rings. The van der Waals surface area contributed by atoms with Crippen LogP contribution in [-0.2, 0) is 27.2 Å². The number of nitrogens with two attached hydrogens (primary N) is 4. The fourth-order valence-electron chi connectivity index (χ4n) is 4.88. The minimum Gasteiger partial charge on any atom is -0.370 e. The molecule has 0 heterocycles. The van der Waals surface area contributed by atoms with Crippen molar-refractivity contribution >= 4 is 29.4 Å². The van der Waals surface area contributed by atoms with E-state index in [0.29, 0.717) is 23.2 Å². The number of hydrogen-bond acceptors (Lipinski definition) is 5. The van der Waals surface area contributed by atoms with E-state index in [0.717, 1.165) is 32.1 Å². The second kappa shape index (κ2) is 14.2. The van der Waals surface area contributed by atoms with Crippen LogP contribution in [0.1, 0.15) is 49.7 Å². The predicted octanol–water partition coefficient (Wildman–Crippen LogP) is 1.27. The number of primary amides is 1. The van der Waals surface area contributed by atoms with Gasteiger partial charge in [0.25, 0.3) is 0 Å². The summed E-state index contributed by atoms with van der Waals surface area (Å²) in [5.41, 5.74) is 24.6. The van der Waals surface area contributed by atoms with Crippen molar-refractivity contribution in [1.82, 2.24) is 10.6 Å². The van der Waals surface area contributed by atoms with Crippen molar-refractivity contribution in [3.05, 3.63) is 65.5 Å². The molecule has 1 saturated carbocycles. The molecule has 3 atom stereocenters. The zero-order chi connectivity index (χ0) is 28.4. The van der Waals surface area contributed by atoms with Gasteiger partial charge in [0.15, 0.2) is 5.96 Å². The number of carbonyl (C=O) groups excluding carboxylic acids is 3. The van der Waals surface area contributed by atoms with Crippen LogP contribution in [0.5, 0.6) is 0 Å². The Morgan fingerprint density at radius 3 is 2.15 bits per heavy atom. The number of nitrogens with one attached hydrogen (secondary N) is 2. The number of para-hydroxylation sites is 1. The van der Waals surface area contributed by atoms with E-state index in [1.807, 2.05) is 0 Å². The average molecular weight is 540 g/mol. The van der Waals surface area contributed by atoms with Gasteiger partial charge in [0.05, 0.1) is 11.7 Å². The minimum absolute atomic E-state index is 0.0898. The van der Waals surface area contributed by atoms with E-state index >= 15 is 0 Å². The van der Waals surface area contributed by atoms with Gasteiger partial charge in [0.2, 0.25) is 17.7 Å². The Morgan fingerprint density at radius 1 is 0.872 bits per heavy atom. The lowest BCUT2D eigenvalue weighted by atomic mass is 9.84. The van der Waals surface area contributed by atoms with E-state index in [1.165, 1.54) is 24.3 Å². The summed E-state index contributed by atoms with van der Waals surface area (Å²) in [5.74, 6) is -2.05. The van der Waals surface area contributed by atoms with Gasteiger partial charge in [0.1, 0.15) is 17.9 Å². The number of guanidine groups is 1. The zero-order valence-corrected chi connectivity index (χ0v) is 21.9. The van der Waals surface area contributed by atoms with Gasteiger partial charge >= 0.3 is 0 Å². The lowest BCUT2D eigenvalue weighted by Gasteiger charge is -2.28. The van der Waals surface area contributed by atoms with Gasteiger partial charge in [-0.2, -0.15) is 0 Å². The number of carbonyl (C=O) groups is 3. The summed E-state index contributed by atoms with van der Waals surface area (Å²) in [5, 5.41) is 5.48. The highest BCUT2D eigenvalue weighted by atomic mass is 19.1. The molecule has 210 valence electrons. The van der Waals surface area contributed by atoms with Gasteiger partial charge in [-0.05, 0) is 48.1 Å². The molecule has 0 aromatic heterocycles. The summed E-state index contributed by atoms with van der Waals surface area (Å²) in [4.78, 5) is 42.8. The highest BCUT2D eigenvalue weighted by molar-refractivity contribution is 5.93. The summed E-state index contributed by atoms with van der Waals surface area (Å²) in [6.07, 6.45) is 5.81. The maximum Gasteiger partial charge on any atom is 0.243 e. The molecule has 1 aliphatic carbocycles. The molecule has 2 aromatic rings. The van der Waals surface area contributed by atoms with Crippen molar-refractivity contribution in [3.63, 3.8) is 0 Å². The van der Waals surface area contributed by atoms with Crippen molar-refractivity contribution in [2.24, 2.45) is 33.8 Å². The molecule has 0 spiro atoms. The fraction of sp³-hybridized carbons (Fsp3) is 0.429. The molecule has 10 nitrogen and oxygen atoms in total. The molecular formula is C28H38FN7O3. The number of nitrogens with zero attached hydrogens (tertiary/aromatic N) is 1. The number of aliphatic imine (C=N–C) groups is 1. The first kappa shape index (κ1) is 29.6. The summed E-state index contributed by atoms with van der Waals surface area (Å²) in [6, 6.07) is 9.71. The summed E-state index contributed by atoms with van der Waals surface area (Å²) in [6.45, 7) is 0. The molecule has 11 heteroatoms. The molecule has 0 unspecified atom stereocenters. The quantitative estimate of drug-likeness (QED) is 0.174. The summed E-state index contributed by atoms with van der Waals surface area (Å²) in [7, 11) is 0. The first-order valence-corrected chi connectivity index (χ1v) is 13.2.